The molecule has 1 fully saturated rings. The van der Waals surface area contributed by atoms with Crippen LogP contribution in [-0.4, -0.2) is 46.0 Å². The molecule has 198 valence electrons. The van der Waals surface area contributed by atoms with Gasteiger partial charge in [-0.1, -0.05) is 13.3 Å². The highest BCUT2D eigenvalue weighted by Crippen LogP contribution is 2.30. The fourth-order valence-electron chi connectivity index (χ4n) is 4.51. The minimum absolute atomic E-state index is 0.0823. The summed E-state index contributed by atoms with van der Waals surface area (Å²) in [5, 5.41) is 0. The van der Waals surface area contributed by atoms with Crippen LogP contribution in [0.4, 0.5) is 11.4 Å². The number of likely N-dealkylation sites (tertiary alicyclic amines) is 1. The second kappa shape index (κ2) is 12.2. The van der Waals surface area contributed by atoms with Gasteiger partial charge >= 0.3 is 0 Å². The molecule has 3 aromatic rings. The monoisotopic (exact) mass is 525 g/mol. The van der Waals surface area contributed by atoms with E-state index in [0.29, 0.717) is 36.6 Å². The highest BCUT2D eigenvalue weighted by atomic mass is 32.2. The lowest BCUT2D eigenvalue weighted by Crippen LogP contribution is -2.37. The highest BCUT2D eigenvalue weighted by Gasteiger charge is 2.25. The number of amides is 1. The summed E-state index contributed by atoms with van der Waals surface area (Å²) in [6.07, 6.45) is 6.64. The summed E-state index contributed by atoms with van der Waals surface area (Å²) in [6, 6.07) is 15.2. The van der Waals surface area contributed by atoms with Crippen LogP contribution in [0.15, 0.2) is 70.2 Å². The first-order valence-corrected chi connectivity index (χ1v) is 14.3. The Bertz CT molecular complexity index is 1270. The topological polar surface area (TPSA) is 92.1 Å². The van der Waals surface area contributed by atoms with E-state index < -0.39 is 10.0 Å². The zero-order chi connectivity index (χ0) is 26.3. The number of methoxy groups -OCH3 is 1. The second-order valence-electron chi connectivity index (χ2n) is 9.22. The van der Waals surface area contributed by atoms with E-state index in [9.17, 15) is 13.2 Å². The highest BCUT2D eigenvalue weighted by molar-refractivity contribution is 7.92. The molecular formula is C28H35N3O5S. The number of ether oxygens (including phenoxy) is 1. The van der Waals surface area contributed by atoms with Gasteiger partial charge in [0, 0.05) is 25.3 Å². The number of furan rings is 1. The Hall–Kier alpha value is -3.46. The van der Waals surface area contributed by atoms with Crippen molar-refractivity contribution in [2.24, 2.45) is 0 Å². The minimum atomic E-state index is -3.85. The molecule has 9 heteroatoms. The van der Waals surface area contributed by atoms with Crippen LogP contribution in [-0.2, 0) is 16.6 Å². The largest absolute Gasteiger partial charge is 0.497 e. The van der Waals surface area contributed by atoms with E-state index in [4.69, 9.17) is 9.15 Å². The summed E-state index contributed by atoms with van der Waals surface area (Å²) in [7, 11) is -2.33. The lowest BCUT2D eigenvalue weighted by molar-refractivity contribution is 0.0725. The van der Waals surface area contributed by atoms with E-state index in [0.717, 1.165) is 50.1 Å². The SMILES string of the molecule is CCCCN(Cc1ccco1)c1ccc(NS(=O)(=O)c2ccc(OC)cc2)cc1C(=O)N1CCCCC1. The summed E-state index contributed by atoms with van der Waals surface area (Å²) in [6.45, 7) is 4.79. The Kier molecular flexibility index (Phi) is 8.76. The lowest BCUT2D eigenvalue weighted by Gasteiger charge is -2.31. The number of sulfonamides is 1. The van der Waals surface area contributed by atoms with Gasteiger partial charge in [0.05, 0.1) is 36.1 Å². The van der Waals surface area contributed by atoms with Gasteiger partial charge in [0.2, 0.25) is 0 Å². The second-order valence-corrected chi connectivity index (χ2v) is 10.9. The molecule has 1 aliphatic heterocycles. The number of hydrogen-bond acceptors (Lipinski definition) is 6. The maximum atomic E-state index is 13.7. The summed E-state index contributed by atoms with van der Waals surface area (Å²) >= 11 is 0. The maximum Gasteiger partial charge on any atom is 0.261 e. The van der Waals surface area contributed by atoms with Gasteiger partial charge in [-0.25, -0.2) is 8.42 Å². The molecule has 0 saturated carbocycles. The number of carbonyl (C=O) groups is 1. The number of nitrogens with one attached hydrogen (secondary N) is 1. The predicted octanol–water partition coefficient (Wildman–Crippen LogP) is 5.52. The number of anilines is 2. The Morgan fingerprint density at radius 3 is 2.49 bits per heavy atom. The van der Waals surface area contributed by atoms with E-state index in [1.54, 1.807) is 30.5 Å². The average Bonchev–Trinajstić information content (AvgIpc) is 3.44. The number of carbonyl (C=O) groups excluding carboxylic acids is 1. The van der Waals surface area contributed by atoms with Crippen molar-refractivity contribution in [3.05, 3.63) is 72.2 Å². The van der Waals surface area contributed by atoms with Crippen LogP contribution in [0.25, 0.3) is 0 Å². The van der Waals surface area contributed by atoms with Crippen LogP contribution < -0.4 is 14.4 Å². The number of unbranched alkanes of at least 4 members (excludes halogenated alkanes) is 1. The van der Waals surface area contributed by atoms with Gasteiger partial charge in [-0.2, -0.15) is 0 Å². The Morgan fingerprint density at radius 2 is 1.84 bits per heavy atom. The van der Waals surface area contributed by atoms with Gasteiger partial charge in [-0.3, -0.25) is 9.52 Å². The molecule has 37 heavy (non-hydrogen) atoms. The molecule has 0 aliphatic carbocycles. The Morgan fingerprint density at radius 1 is 1.08 bits per heavy atom. The smallest absolute Gasteiger partial charge is 0.261 e. The molecule has 1 amide bonds. The number of rotatable bonds is 11. The molecule has 0 unspecified atom stereocenters. The van der Waals surface area contributed by atoms with E-state index in [2.05, 4.69) is 16.5 Å². The molecule has 1 aromatic heterocycles. The molecule has 0 radical (unpaired) electrons. The normalized spacial score (nSPS) is 13.8. The molecule has 1 saturated heterocycles. The van der Waals surface area contributed by atoms with Crippen LogP contribution in [0, 0.1) is 0 Å². The fourth-order valence-corrected chi connectivity index (χ4v) is 5.56. The number of hydrogen-bond donors (Lipinski definition) is 1. The average molecular weight is 526 g/mol. The zero-order valence-electron chi connectivity index (χ0n) is 21.5. The van der Waals surface area contributed by atoms with Crippen LogP contribution in [0.2, 0.25) is 0 Å². The Labute approximate surface area is 219 Å². The van der Waals surface area contributed by atoms with Crippen molar-refractivity contribution in [2.75, 3.05) is 36.4 Å². The quantitative estimate of drug-likeness (QED) is 0.354. The molecule has 1 N–H and O–H groups in total. The van der Waals surface area contributed by atoms with Crippen molar-refractivity contribution in [3.63, 3.8) is 0 Å². The minimum Gasteiger partial charge on any atom is -0.497 e. The zero-order valence-corrected chi connectivity index (χ0v) is 22.3. The molecule has 1 aliphatic rings. The number of nitrogens with zero attached hydrogens (tertiary/aromatic N) is 2. The van der Waals surface area contributed by atoms with Crippen LogP contribution in [0.1, 0.15) is 55.1 Å². The van der Waals surface area contributed by atoms with Gasteiger partial charge < -0.3 is 19.0 Å². The molecule has 0 atom stereocenters. The van der Waals surface area contributed by atoms with E-state index in [1.807, 2.05) is 23.1 Å². The molecule has 8 nitrogen and oxygen atoms in total. The van der Waals surface area contributed by atoms with E-state index in [1.165, 1.54) is 19.2 Å². The van der Waals surface area contributed by atoms with Gasteiger partial charge in [0.25, 0.3) is 15.9 Å². The third-order valence-electron chi connectivity index (χ3n) is 6.54. The van der Waals surface area contributed by atoms with E-state index in [-0.39, 0.29) is 10.8 Å². The summed E-state index contributed by atoms with van der Waals surface area (Å²) in [5.41, 5.74) is 1.60. The third kappa shape index (κ3) is 6.65. The van der Waals surface area contributed by atoms with Gasteiger partial charge in [0.1, 0.15) is 11.5 Å². The van der Waals surface area contributed by atoms with Crippen LogP contribution >= 0.6 is 0 Å². The van der Waals surface area contributed by atoms with Crippen molar-refractivity contribution < 1.29 is 22.4 Å². The van der Waals surface area contributed by atoms with Crippen molar-refractivity contribution in [3.8, 4) is 5.75 Å². The standard InChI is InChI=1S/C28H35N3O5S/c1-3-4-16-31(21-24-9-8-19-36-24)27-15-10-22(20-26(27)28(32)30-17-6-5-7-18-30)29-37(33,34)25-13-11-23(35-2)12-14-25/h8-15,19-20,29H,3-7,16-18,21H2,1-2H3. The number of piperidine rings is 1. The first-order chi connectivity index (χ1) is 17.9. The molecule has 2 aromatic carbocycles. The van der Waals surface area contributed by atoms with Crippen molar-refractivity contribution in [1.29, 1.82) is 0 Å². The van der Waals surface area contributed by atoms with Crippen LogP contribution in [0.3, 0.4) is 0 Å². The Balaban J connectivity index is 1.69. The van der Waals surface area contributed by atoms with Crippen LogP contribution in [0.5, 0.6) is 5.75 Å². The third-order valence-corrected chi connectivity index (χ3v) is 7.94. The molecule has 4 rings (SSSR count). The molecule has 2 heterocycles. The summed E-state index contributed by atoms with van der Waals surface area (Å²) in [4.78, 5) is 17.9. The van der Waals surface area contributed by atoms with Gasteiger partial charge in [-0.15, -0.1) is 0 Å². The van der Waals surface area contributed by atoms with Crippen molar-refractivity contribution in [1.82, 2.24) is 4.90 Å². The lowest BCUT2D eigenvalue weighted by atomic mass is 10.1. The molecular weight excluding hydrogens is 490 g/mol. The summed E-state index contributed by atoms with van der Waals surface area (Å²) < 4.78 is 39.6. The van der Waals surface area contributed by atoms with Gasteiger partial charge in [0.15, 0.2) is 0 Å². The van der Waals surface area contributed by atoms with Crippen molar-refractivity contribution in [2.45, 2.75) is 50.5 Å². The first-order valence-electron chi connectivity index (χ1n) is 12.8. The fraction of sp³-hybridized carbons (Fsp3) is 0.393. The summed E-state index contributed by atoms with van der Waals surface area (Å²) in [5.74, 6) is 1.29. The number of benzene rings is 2. The van der Waals surface area contributed by atoms with Gasteiger partial charge in [-0.05, 0) is 80.3 Å². The van der Waals surface area contributed by atoms with Crippen molar-refractivity contribution >= 4 is 27.3 Å². The molecule has 0 spiro atoms. The predicted molar refractivity (Wildman–Crippen MR) is 145 cm³/mol. The maximum absolute atomic E-state index is 13.7. The first kappa shape index (κ1) is 26.6. The van der Waals surface area contributed by atoms with E-state index >= 15 is 0 Å². The molecule has 0 bridgehead atoms.